The molecule has 3 heteroatoms. The van der Waals surface area contributed by atoms with Crippen LogP contribution in [0.1, 0.15) is 33.1 Å². The summed E-state index contributed by atoms with van der Waals surface area (Å²) in [5.74, 6) is 1.15. The molecule has 0 amide bonds. The van der Waals surface area contributed by atoms with E-state index in [1.54, 1.807) is 7.11 Å². The van der Waals surface area contributed by atoms with E-state index in [4.69, 9.17) is 4.74 Å². The van der Waals surface area contributed by atoms with Crippen LogP contribution in [0.5, 0.6) is 0 Å². The quantitative estimate of drug-likeness (QED) is 0.643. The van der Waals surface area contributed by atoms with Gasteiger partial charge in [0.05, 0.1) is 12.7 Å². The van der Waals surface area contributed by atoms with Crippen molar-refractivity contribution < 1.29 is 9.84 Å². The number of hydrogen-bond acceptors (Lipinski definition) is 3. The molecule has 0 spiro atoms. The Hall–Kier alpha value is -0.120. The molecule has 1 aliphatic rings. The SMILES string of the molecule is CCC(C)C(O)CNC(COC)C1CC1. The van der Waals surface area contributed by atoms with Gasteiger partial charge in [-0.05, 0) is 24.7 Å². The van der Waals surface area contributed by atoms with Crippen LogP contribution in [0.15, 0.2) is 0 Å². The first-order valence-electron chi connectivity index (χ1n) is 6.09. The van der Waals surface area contributed by atoms with Gasteiger partial charge >= 0.3 is 0 Å². The molecule has 0 saturated heterocycles. The van der Waals surface area contributed by atoms with Gasteiger partial charge in [0.2, 0.25) is 0 Å². The highest BCUT2D eigenvalue weighted by molar-refractivity contribution is 4.87. The van der Waals surface area contributed by atoms with E-state index < -0.39 is 0 Å². The topological polar surface area (TPSA) is 41.5 Å². The maximum atomic E-state index is 9.83. The van der Waals surface area contributed by atoms with Crippen LogP contribution in [-0.4, -0.2) is 37.5 Å². The maximum absolute atomic E-state index is 9.83. The minimum Gasteiger partial charge on any atom is -0.392 e. The average Bonchev–Trinajstić information content (AvgIpc) is 3.06. The van der Waals surface area contributed by atoms with Gasteiger partial charge < -0.3 is 15.2 Å². The zero-order valence-corrected chi connectivity index (χ0v) is 10.2. The Morgan fingerprint density at radius 2 is 2.13 bits per heavy atom. The summed E-state index contributed by atoms with van der Waals surface area (Å²) >= 11 is 0. The smallest absolute Gasteiger partial charge is 0.0690 e. The standard InChI is InChI=1S/C12H25NO2/c1-4-9(2)12(14)7-13-11(8-15-3)10-5-6-10/h9-14H,4-8H2,1-3H3. The highest BCUT2D eigenvalue weighted by atomic mass is 16.5. The Bertz CT molecular complexity index is 171. The van der Waals surface area contributed by atoms with Gasteiger partial charge in [-0.1, -0.05) is 20.3 Å². The van der Waals surface area contributed by atoms with Crippen molar-refractivity contribution in [2.75, 3.05) is 20.3 Å². The third-order valence-corrected chi connectivity index (χ3v) is 3.43. The molecular formula is C12H25NO2. The number of hydrogen-bond donors (Lipinski definition) is 2. The summed E-state index contributed by atoms with van der Waals surface area (Å²) in [6.07, 6.45) is 3.41. The van der Waals surface area contributed by atoms with Gasteiger partial charge in [0.15, 0.2) is 0 Å². The summed E-state index contributed by atoms with van der Waals surface area (Å²) in [4.78, 5) is 0. The first-order valence-corrected chi connectivity index (χ1v) is 6.09. The van der Waals surface area contributed by atoms with Crippen LogP contribution in [0.25, 0.3) is 0 Å². The second-order valence-corrected chi connectivity index (χ2v) is 4.76. The minimum absolute atomic E-state index is 0.229. The van der Waals surface area contributed by atoms with Crippen LogP contribution in [0.2, 0.25) is 0 Å². The fraction of sp³-hybridized carbons (Fsp3) is 1.00. The Morgan fingerprint density at radius 1 is 1.47 bits per heavy atom. The lowest BCUT2D eigenvalue weighted by atomic mass is 10.0. The molecule has 90 valence electrons. The van der Waals surface area contributed by atoms with E-state index >= 15 is 0 Å². The predicted octanol–water partition coefficient (Wildman–Crippen LogP) is 1.41. The second kappa shape index (κ2) is 6.46. The molecule has 0 aliphatic heterocycles. The van der Waals surface area contributed by atoms with E-state index in [0.29, 0.717) is 18.5 Å². The van der Waals surface area contributed by atoms with Crippen molar-refractivity contribution in [2.24, 2.45) is 11.8 Å². The van der Waals surface area contributed by atoms with Crippen molar-refractivity contribution in [1.29, 1.82) is 0 Å². The summed E-state index contributed by atoms with van der Waals surface area (Å²) in [5, 5.41) is 13.3. The van der Waals surface area contributed by atoms with Gasteiger partial charge in [0.1, 0.15) is 0 Å². The Morgan fingerprint density at radius 3 is 2.60 bits per heavy atom. The van der Waals surface area contributed by atoms with Crippen molar-refractivity contribution in [1.82, 2.24) is 5.32 Å². The molecule has 1 fully saturated rings. The molecule has 0 aromatic rings. The molecule has 0 radical (unpaired) electrons. The normalized spacial score (nSPS) is 22.4. The molecule has 3 unspecified atom stereocenters. The lowest BCUT2D eigenvalue weighted by Crippen LogP contribution is -2.41. The molecule has 1 aliphatic carbocycles. The van der Waals surface area contributed by atoms with Crippen LogP contribution < -0.4 is 5.32 Å². The van der Waals surface area contributed by atoms with Crippen LogP contribution >= 0.6 is 0 Å². The number of nitrogens with one attached hydrogen (secondary N) is 1. The zero-order valence-electron chi connectivity index (χ0n) is 10.2. The summed E-state index contributed by atoms with van der Waals surface area (Å²) in [6, 6.07) is 0.439. The Kier molecular flexibility index (Phi) is 5.58. The molecule has 3 atom stereocenters. The monoisotopic (exact) mass is 215 g/mol. The Balaban J connectivity index is 2.20. The second-order valence-electron chi connectivity index (χ2n) is 4.76. The highest BCUT2D eigenvalue weighted by Gasteiger charge is 2.31. The van der Waals surface area contributed by atoms with Gasteiger partial charge in [0, 0.05) is 19.7 Å². The largest absolute Gasteiger partial charge is 0.392 e. The third-order valence-electron chi connectivity index (χ3n) is 3.43. The van der Waals surface area contributed by atoms with E-state index in [1.165, 1.54) is 12.8 Å². The number of aliphatic hydroxyl groups is 1. The summed E-state index contributed by atoms with van der Waals surface area (Å²) < 4.78 is 5.18. The van der Waals surface area contributed by atoms with Gasteiger partial charge in [-0.25, -0.2) is 0 Å². The first-order chi connectivity index (χ1) is 7.19. The van der Waals surface area contributed by atoms with Crippen molar-refractivity contribution in [3.63, 3.8) is 0 Å². The molecular weight excluding hydrogens is 190 g/mol. The van der Waals surface area contributed by atoms with Gasteiger partial charge in [0.25, 0.3) is 0 Å². The van der Waals surface area contributed by atoms with Crippen molar-refractivity contribution >= 4 is 0 Å². The van der Waals surface area contributed by atoms with Crippen LogP contribution in [0.3, 0.4) is 0 Å². The fourth-order valence-corrected chi connectivity index (χ4v) is 1.79. The molecule has 0 bridgehead atoms. The summed E-state index contributed by atoms with van der Waals surface area (Å²) in [7, 11) is 1.74. The fourth-order valence-electron chi connectivity index (χ4n) is 1.79. The summed E-state index contributed by atoms with van der Waals surface area (Å²) in [6.45, 7) is 5.66. The lowest BCUT2D eigenvalue weighted by molar-refractivity contribution is 0.0967. The van der Waals surface area contributed by atoms with E-state index in [-0.39, 0.29) is 6.10 Å². The minimum atomic E-state index is -0.229. The maximum Gasteiger partial charge on any atom is 0.0690 e. The van der Waals surface area contributed by atoms with E-state index in [9.17, 15) is 5.11 Å². The molecule has 0 aromatic heterocycles. The molecule has 2 N–H and O–H groups in total. The van der Waals surface area contributed by atoms with Crippen LogP contribution in [0.4, 0.5) is 0 Å². The number of aliphatic hydroxyl groups excluding tert-OH is 1. The van der Waals surface area contributed by atoms with E-state index in [2.05, 4.69) is 19.2 Å². The molecule has 1 saturated carbocycles. The number of rotatable bonds is 8. The van der Waals surface area contributed by atoms with Crippen molar-refractivity contribution in [3.05, 3.63) is 0 Å². The average molecular weight is 215 g/mol. The molecule has 0 aromatic carbocycles. The Labute approximate surface area is 93.2 Å². The third kappa shape index (κ3) is 4.49. The van der Waals surface area contributed by atoms with Crippen LogP contribution in [0, 0.1) is 11.8 Å². The number of methoxy groups -OCH3 is 1. The van der Waals surface area contributed by atoms with Crippen LogP contribution in [-0.2, 0) is 4.74 Å². The van der Waals surface area contributed by atoms with Crippen molar-refractivity contribution in [2.45, 2.75) is 45.3 Å². The number of ether oxygens (including phenoxy) is 1. The van der Waals surface area contributed by atoms with Gasteiger partial charge in [-0.2, -0.15) is 0 Å². The first kappa shape index (κ1) is 12.9. The summed E-state index contributed by atoms with van der Waals surface area (Å²) in [5.41, 5.74) is 0. The molecule has 0 heterocycles. The van der Waals surface area contributed by atoms with Gasteiger partial charge in [-0.3, -0.25) is 0 Å². The molecule has 15 heavy (non-hydrogen) atoms. The molecule has 3 nitrogen and oxygen atoms in total. The van der Waals surface area contributed by atoms with Crippen molar-refractivity contribution in [3.8, 4) is 0 Å². The molecule has 1 rings (SSSR count). The van der Waals surface area contributed by atoms with E-state index in [0.717, 1.165) is 18.9 Å². The predicted molar refractivity (Wildman–Crippen MR) is 61.9 cm³/mol. The van der Waals surface area contributed by atoms with Gasteiger partial charge in [-0.15, -0.1) is 0 Å². The van der Waals surface area contributed by atoms with E-state index in [1.807, 2.05) is 0 Å². The highest BCUT2D eigenvalue weighted by Crippen LogP contribution is 2.32. The lowest BCUT2D eigenvalue weighted by Gasteiger charge is -2.22. The zero-order chi connectivity index (χ0) is 11.3.